The summed E-state index contributed by atoms with van der Waals surface area (Å²) in [4.78, 5) is 5.29. The Bertz CT molecular complexity index is 429. The van der Waals surface area contributed by atoms with E-state index in [2.05, 4.69) is 59.6 Å². The molecule has 1 aromatic carbocycles. The molecule has 3 nitrogen and oxygen atoms in total. The smallest absolute Gasteiger partial charge is 0.0361 e. The van der Waals surface area contributed by atoms with Crippen LogP contribution in [0.3, 0.4) is 0 Å². The number of hydrogen-bond donors (Lipinski definition) is 2. The Morgan fingerprint density at radius 3 is 2.41 bits per heavy atom. The summed E-state index contributed by atoms with van der Waals surface area (Å²) in [7, 11) is 4.11. The first-order valence-corrected chi connectivity index (χ1v) is 5.85. The minimum atomic E-state index is 0.877. The lowest BCUT2D eigenvalue weighted by molar-refractivity contribution is 0.682. The van der Waals surface area contributed by atoms with E-state index in [0.29, 0.717) is 0 Å². The molecule has 1 heterocycles. The average molecular weight is 229 g/mol. The summed E-state index contributed by atoms with van der Waals surface area (Å²) < 4.78 is 0. The van der Waals surface area contributed by atoms with Gasteiger partial charge in [0.05, 0.1) is 0 Å². The molecule has 17 heavy (non-hydrogen) atoms. The van der Waals surface area contributed by atoms with Gasteiger partial charge in [-0.05, 0) is 29.8 Å². The van der Waals surface area contributed by atoms with Gasteiger partial charge in [0.15, 0.2) is 0 Å². The Balaban J connectivity index is 1.83. The first kappa shape index (κ1) is 11.7. The molecule has 0 aliphatic heterocycles. The highest BCUT2D eigenvalue weighted by Crippen LogP contribution is 2.12. The second-order valence-corrected chi connectivity index (χ2v) is 4.36. The van der Waals surface area contributed by atoms with E-state index in [1.165, 1.54) is 16.9 Å². The van der Waals surface area contributed by atoms with Crippen LogP contribution < -0.4 is 10.2 Å². The lowest BCUT2D eigenvalue weighted by Crippen LogP contribution is -2.13. The molecule has 0 amide bonds. The van der Waals surface area contributed by atoms with Gasteiger partial charge in [0.25, 0.3) is 0 Å². The van der Waals surface area contributed by atoms with Crippen molar-refractivity contribution in [3.05, 3.63) is 53.9 Å². The van der Waals surface area contributed by atoms with Crippen molar-refractivity contribution in [2.75, 3.05) is 19.0 Å². The Morgan fingerprint density at radius 2 is 1.82 bits per heavy atom. The quantitative estimate of drug-likeness (QED) is 0.824. The Hall–Kier alpha value is -1.74. The summed E-state index contributed by atoms with van der Waals surface area (Å²) in [5.41, 5.74) is 3.76. The molecule has 0 bridgehead atoms. The summed E-state index contributed by atoms with van der Waals surface area (Å²) in [6, 6.07) is 12.7. The van der Waals surface area contributed by atoms with Crippen molar-refractivity contribution in [2.45, 2.75) is 13.1 Å². The third-order valence-corrected chi connectivity index (χ3v) is 2.76. The highest BCUT2D eigenvalue weighted by atomic mass is 15.1. The lowest BCUT2D eigenvalue weighted by Gasteiger charge is -2.12. The monoisotopic (exact) mass is 229 g/mol. The minimum Gasteiger partial charge on any atom is -0.378 e. The minimum absolute atomic E-state index is 0.877. The molecule has 0 spiro atoms. The molecule has 0 aliphatic rings. The number of rotatable bonds is 5. The molecular weight excluding hydrogens is 210 g/mol. The van der Waals surface area contributed by atoms with E-state index in [9.17, 15) is 0 Å². The van der Waals surface area contributed by atoms with Crippen molar-refractivity contribution in [3.8, 4) is 0 Å². The van der Waals surface area contributed by atoms with Gasteiger partial charge in [0, 0.05) is 44.8 Å². The fraction of sp³-hybridized carbons (Fsp3) is 0.286. The molecule has 2 aromatic rings. The number of nitrogens with one attached hydrogen (secondary N) is 2. The number of hydrogen-bond acceptors (Lipinski definition) is 2. The van der Waals surface area contributed by atoms with Crippen LogP contribution in [0.4, 0.5) is 5.69 Å². The van der Waals surface area contributed by atoms with Gasteiger partial charge >= 0.3 is 0 Å². The van der Waals surface area contributed by atoms with E-state index in [1.54, 1.807) is 0 Å². The van der Waals surface area contributed by atoms with Gasteiger partial charge < -0.3 is 15.2 Å². The van der Waals surface area contributed by atoms with Crippen molar-refractivity contribution in [1.82, 2.24) is 10.3 Å². The largest absolute Gasteiger partial charge is 0.378 e. The number of aromatic amines is 1. The van der Waals surface area contributed by atoms with Crippen LogP contribution in [0.15, 0.2) is 42.6 Å². The zero-order chi connectivity index (χ0) is 12.1. The van der Waals surface area contributed by atoms with Crippen LogP contribution >= 0.6 is 0 Å². The van der Waals surface area contributed by atoms with Crippen molar-refractivity contribution in [2.24, 2.45) is 0 Å². The molecule has 0 unspecified atom stereocenters. The Labute approximate surface area is 102 Å². The van der Waals surface area contributed by atoms with E-state index < -0.39 is 0 Å². The SMILES string of the molecule is CN(C)c1ccc(CNCc2ccc[nH]2)cc1. The first-order valence-electron chi connectivity index (χ1n) is 5.85. The maximum absolute atomic E-state index is 3.41. The van der Waals surface area contributed by atoms with Crippen LogP contribution in [0.25, 0.3) is 0 Å². The van der Waals surface area contributed by atoms with E-state index >= 15 is 0 Å². The number of aromatic nitrogens is 1. The number of nitrogens with zero attached hydrogens (tertiary/aromatic N) is 1. The first-order chi connectivity index (χ1) is 8.25. The Kier molecular flexibility index (Phi) is 3.83. The molecule has 3 heteroatoms. The third kappa shape index (κ3) is 3.36. The van der Waals surface area contributed by atoms with Gasteiger partial charge in [-0.15, -0.1) is 0 Å². The molecular formula is C14H19N3. The van der Waals surface area contributed by atoms with Crippen LogP contribution in [0.2, 0.25) is 0 Å². The van der Waals surface area contributed by atoms with Gasteiger partial charge in [-0.2, -0.15) is 0 Å². The van der Waals surface area contributed by atoms with Gasteiger partial charge in [0.1, 0.15) is 0 Å². The molecule has 0 atom stereocenters. The highest BCUT2D eigenvalue weighted by Gasteiger charge is 1.97. The van der Waals surface area contributed by atoms with Crippen molar-refractivity contribution in [1.29, 1.82) is 0 Å². The molecule has 1 aromatic heterocycles. The lowest BCUT2D eigenvalue weighted by atomic mass is 10.2. The Morgan fingerprint density at radius 1 is 1.06 bits per heavy atom. The zero-order valence-electron chi connectivity index (χ0n) is 10.4. The molecule has 90 valence electrons. The van der Waals surface area contributed by atoms with Gasteiger partial charge in [-0.1, -0.05) is 12.1 Å². The van der Waals surface area contributed by atoms with Crippen molar-refractivity contribution < 1.29 is 0 Å². The van der Waals surface area contributed by atoms with Crippen LogP contribution in [-0.4, -0.2) is 19.1 Å². The molecule has 0 saturated carbocycles. The van der Waals surface area contributed by atoms with E-state index in [4.69, 9.17) is 0 Å². The second-order valence-electron chi connectivity index (χ2n) is 4.36. The maximum atomic E-state index is 3.41. The van der Waals surface area contributed by atoms with E-state index in [-0.39, 0.29) is 0 Å². The van der Waals surface area contributed by atoms with Gasteiger partial charge in [0.2, 0.25) is 0 Å². The van der Waals surface area contributed by atoms with Gasteiger partial charge in [-0.25, -0.2) is 0 Å². The predicted molar refractivity (Wildman–Crippen MR) is 72.1 cm³/mol. The molecule has 0 saturated heterocycles. The normalized spacial score (nSPS) is 10.5. The fourth-order valence-electron chi connectivity index (χ4n) is 1.73. The molecule has 2 rings (SSSR count). The fourth-order valence-corrected chi connectivity index (χ4v) is 1.73. The van der Waals surface area contributed by atoms with Crippen molar-refractivity contribution in [3.63, 3.8) is 0 Å². The average Bonchev–Trinajstić information content (AvgIpc) is 2.83. The van der Waals surface area contributed by atoms with Crippen LogP contribution in [0.1, 0.15) is 11.3 Å². The maximum Gasteiger partial charge on any atom is 0.0361 e. The molecule has 2 N–H and O–H groups in total. The summed E-state index contributed by atoms with van der Waals surface area (Å²) in [5, 5.41) is 3.41. The number of benzene rings is 1. The highest BCUT2D eigenvalue weighted by molar-refractivity contribution is 5.45. The van der Waals surface area contributed by atoms with Crippen molar-refractivity contribution >= 4 is 5.69 Å². The molecule has 0 aliphatic carbocycles. The summed E-state index contributed by atoms with van der Waals surface area (Å²) in [6.45, 7) is 1.77. The van der Waals surface area contributed by atoms with Crippen LogP contribution in [0, 0.1) is 0 Å². The third-order valence-electron chi connectivity index (χ3n) is 2.76. The zero-order valence-corrected chi connectivity index (χ0v) is 10.4. The standard InChI is InChI=1S/C14H19N3/c1-17(2)14-7-5-12(6-8-14)10-15-11-13-4-3-9-16-13/h3-9,15-16H,10-11H2,1-2H3. The predicted octanol–water partition coefficient (Wildman–Crippen LogP) is 2.37. The number of H-pyrrole nitrogens is 1. The van der Waals surface area contributed by atoms with Gasteiger partial charge in [-0.3, -0.25) is 0 Å². The molecule has 0 fully saturated rings. The van der Waals surface area contributed by atoms with Crippen LogP contribution in [-0.2, 0) is 13.1 Å². The number of anilines is 1. The summed E-state index contributed by atoms with van der Waals surface area (Å²) in [5.74, 6) is 0. The summed E-state index contributed by atoms with van der Waals surface area (Å²) >= 11 is 0. The second kappa shape index (κ2) is 5.55. The van der Waals surface area contributed by atoms with Crippen LogP contribution in [0.5, 0.6) is 0 Å². The summed E-state index contributed by atoms with van der Waals surface area (Å²) in [6.07, 6.45) is 1.95. The van der Waals surface area contributed by atoms with E-state index in [0.717, 1.165) is 13.1 Å². The van der Waals surface area contributed by atoms with E-state index in [1.807, 2.05) is 12.3 Å². The topological polar surface area (TPSA) is 31.1 Å². The molecule has 0 radical (unpaired) electrons.